The van der Waals surface area contributed by atoms with E-state index in [1.165, 1.54) is 0 Å². The van der Waals surface area contributed by atoms with Crippen LogP contribution in [0.2, 0.25) is 5.02 Å². The van der Waals surface area contributed by atoms with Gasteiger partial charge in [0.15, 0.2) is 0 Å². The normalized spacial score (nSPS) is 10.0. The number of nitriles is 1. The number of H-pyrrole nitrogens is 1. The third-order valence-electron chi connectivity index (χ3n) is 2.48. The molecule has 1 aromatic heterocycles. The van der Waals surface area contributed by atoms with Gasteiger partial charge in [-0.25, -0.2) is 0 Å². The van der Waals surface area contributed by atoms with Gasteiger partial charge in [0.25, 0.3) is 0 Å². The maximum Gasteiger partial charge on any atom is 0.137 e. The average molecular weight is 262 g/mol. The Bertz CT molecular complexity index is 546. The van der Waals surface area contributed by atoms with Crippen LogP contribution in [0.5, 0.6) is 5.75 Å². The second-order valence-electron chi connectivity index (χ2n) is 3.82. The molecule has 0 radical (unpaired) electrons. The molecule has 1 heterocycles. The molecule has 0 aliphatic carbocycles. The molecular weight excluding hydrogens is 250 g/mol. The molecule has 0 amide bonds. The highest BCUT2D eigenvalue weighted by atomic mass is 35.5. The molecule has 1 N–H and O–H groups in total. The van der Waals surface area contributed by atoms with E-state index in [0.717, 1.165) is 18.4 Å². The van der Waals surface area contributed by atoms with Crippen LogP contribution in [0.25, 0.3) is 0 Å². The molecular formula is C13H12ClN3O. The van der Waals surface area contributed by atoms with Crippen LogP contribution >= 0.6 is 11.6 Å². The SMILES string of the molecule is N#Cc1ccc(OCCCc2cn[nH]c2)c(Cl)c1. The number of nitrogens with one attached hydrogen (secondary N) is 1. The largest absolute Gasteiger partial charge is 0.492 e. The quantitative estimate of drug-likeness (QED) is 0.842. The summed E-state index contributed by atoms with van der Waals surface area (Å²) < 4.78 is 5.56. The molecule has 0 atom stereocenters. The number of hydrogen-bond acceptors (Lipinski definition) is 3. The van der Waals surface area contributed by atoms with Crippen molar-refractivity contribution in [3.05, 3.63) is 46.7 Å². The van der Waals surface area contributed by atoms with E-state index < -0.39 is 0 Å². The van der Waals surface area contributed by atoms with Crippen molar-refractivity contribution in [2.45, 2.75) is 12.8 Å². The van der Waals surface area contributed by atoms with E-state index in [2.05, 4.69) is 10.2 Å². The van der Waals surface area contributed by atoms with Gasteiger partial charge in [0.05, 0.1) is 29.5 Å². The Hall–Kier alpha value is -1.99. The summed E-state index contributed by atoms with van der Waals surface area (Å²) in [6, 6.07) is 7.05. The van der Waals surface area contributed by atoms with E-state index in [-0.39, 0.29) is 0 Å². The second-order valence-corrected chi connectivity index (χ2v) is 4.22. The summed E-state index contributed by atoms with van der Waals surface area (Å²) >= 11 is 6.00. The van der Waals surface area contributed by atoms with Gasteiger partial charge < -0.3 is 4.74 Å². The monoisotopic (exact) mass is 261 g/mol. The van der Waals surface area contributed by atoms with Crippen molar-refractivity contribution >= 4 is 11.6 Å². The van der Waals surface area contributed by atoms with Crippen molar-refractivity contribution in [3.63, 3.8) is 0 Å². The van der Waals surface area contributed by atoms with Gasteiger partial charge in [-0.05, 0) is 36.6 Å². The lowest BCUT2D eigenvalue weighted by Gasteiger charge is -2.07. The lowest BCUT2D eigenvalue weighted by Crippen LogP contribution is -1.99. The first-order chi connectivity index (χ1) is 8.79. The first kappa shape index (κ1) is 12.5. The predicted octanol–water partition coefficient (Wildman–Crippen LogP) is 2.95. The molecule has 0 fully saturated rings. The standard InChI is InChI=1S/C13H12ClN3O/c14-12-6-10(7-15)3-4-13(12)18-5-1-2-11-8-16-17-9-11/h3-4,6,8-9H,1-2,5H2,(H,16,17). The summed E-state index contributed by atoms with van der Waals surface area (Å²) in [5.74, 6) is 0.614. The van der Waals surface area contributed by atoms with Crippen molar-refractivity contribution < 1.29 is 4.74 Å². The number of aromatic amines is 1. The molecule has 0 aliphatic heterocycles. The highest BCUT2D eigenvalue weighted by Crippen LogP contribution is 2.25. The molecule has 0 saturated heterocycles. The van der Waals surface area contributed by atoms with Gasteiger partial charge in [-0.1, -0.05) is 11.6 Å². The summed E-state index contributed by atoms with van der Waals surface area (Å²) in [5, 5.41) is 15.8. The van der Waals surface area contributed by atoms with E-state index in [0.29, 0.717) is 22.9 Å². The fourth-order valence-corrected chi connectivity index (χ4v) is 1.80. The van der Waals surface area contributed by atoms with Crippen LogP contribution in [-0.2, 0) is 6.42 Å². The van der Waals surface area contributed by atoms with Gasteiger partial charge in [-0.15, -0.1) is 0 Å². The fourth-order valence-electron chi connectivity index (χ4n) is 1.56. The van der Waals surface area contributed by atoms with Crippen LogP contribution in [-0.4, -0.2) is 16.8 Å². The zero-order chi connectivity index (χ0) is 12.8. The zero-order valence-electron chi connectivity index (χ0n) is 9.69. The lowest BCUT2D eigenvalue weighted by atomic mass is 10.2. The minimum absolute atomic E-state index is 0.470. The van der Waals surface area contributed by atoms with Crippen molar-refractivity contribution in [1.82, 2.24) is 10.2 Å². The maximum absolute atomic E-state index is 8.71. The maximum atomic E-state index is 8.71. The van der Waals surface area contributed by atoms with E-state index in [4.69, 9.17) is 21.6 Å². The van der Waals surface area contributed by atoms with E-state index in [1.807, 2.05) is 12.3 Å². The third-order valence-corrected chi connectivity index (χ3v) is 2.78. The summed E-state index contributed by atoms with van der Waals surface area (Å²) in [6.07, 6.45) is 5.46. The molecule has 4 nitrogen and oxygen atoms in total. The Kier molecular flexibility index (Phi) is 4.21. The third kappa shape index (κ3) is 3.25. The molecule has 5 heteroatoms. The topological polar surface area (TPSA) is 61.7 Å². The Labute approximate surface area is 110 Å². The fraction of sp³-hybridized carbons (Fsp3) is 0.231. The summed E-state index contributed by atoms with van der Waals surface area (Å²) in [4.78, 5) is 0. The minimum Gasteiger partial charge on any atom is -0.492 e. The molecule has 92 valence electrons. The summed E-state index contributed by atoms with van der Waals surface area (Å²) in [7, 11) is 0. The number of nitrogens with zero attached hydrogens (tertiary/aromatic N) is 2. The van der Waals surface area contributed by atoms with Crippen LogP contribution in [0.1, 0.15) is 17.5 Å². The van der Waals surface area contributed by atoms with Gasteiger partial charge >= 0.3 is 0 Å². The molecule has 0 spiro atoms. The number of hydrogen-bond donors (Lipinski definition) is 1. The number of ether oxygens (including phenoxy) is 1. The smallest absolute Gasteiger partial charge is 0.137 e. The molecule has 0 bridgehead atoms. The molecule has 0 unspecified atom stereocenters. The molecule has 2 aromatic rings. The van der Waals surface area contributed by atoms with Gasteiger partial charge in [-0.2, -0.15) is 10.4 Å². The van der Waals surface area contributed by atoms with Crippen molar-refractivity contribution in [2.75, 3.05) is 6.61 Å². The number of benzene rings is 1. The number of aromatic nitrogens is 2. The van der Waals surface area contributed by atoms with E-state index in [9.17, 15) is 0 Å². The zero-order valence-corrected chi connectivity index (χ0v) is 10.4. The average Bonchev–Trinajstić information content (AvgIpc) is 2.89. The molecule has 2 rings (SSSR count). The Morgan fingerprint density at radius 2 is 2.33 bits per heavy atom. The van der Waals surface area contributed by atoms with Crippen LogP contribution in [0.3, 0.4) is 0 Å². The van der Waals surface area contributed by atoms with Gasteiger partial charge in [-0.3, -0.25) is 5.10 Å². The van der Waals surface area contributed by atoms with Crippen molar-refractivity contribution in [2.24, 2.45) is 0 Å². The predicted molar refractivity (Wildman–Crippen MR) is 68.6 cm³/mol. The highest BCUT2D eigenvalue weighted by molar-refractivity contribution is 6.32. The first-order valence-electron chi connectivity index (χ1n) is 5.59. The van der Waals surface area contributed by atoms with Crippen molar-refractivity contribution in [3.8, 4) is 11.8 Å². The number of rotatable bonds is 5. The van der Waals surface area contributed by atoms with E-state index >= 15 is 0 Å². The number of halogens is 1. The Morgan fingerprint density at radius 1 is 1.44 bits per heavy atom. The summed E-state index contributed by atoms with van der Waals surface area (Å²) in [6.45, 7) is 0.580. The van der Waals surface area contributed by atoms with Gasteiger partial charge in [0.2, 0.25) is 0 Å². The molecule has 0 saturated carbocycles. The first-order valence-corrected chi connectivity index (χ1v) is 5.97. The molecule has 18 heavy (non-hydrogen) atoms. The summed E-state index contributed by atoms with van der Waals surface area (Å²) in [5.41, 5.74) is 1.69. The van der Waals surface area contributed by atoms with E-state index in [1.54, 1.807) is 24.4 Å². The Morgan fingerprint density at radius 3 is 3.00 bits per heavy atom. The lowest BCUT2D eigenvalue weighted by molar-refractivity contribution is 0.311. The molecule has 0 aliphatic rings. The highest BCUT2D eigenvalue weighted by Gasteiger charge is 2.03. The van der Waals surface area contributed by atoms with Crippen LogP contribution in [0, 0.1) is 11.3 Å². The van der Waals surface area contributed by atoms with Crippen LogP contribution in [0.4, 0.5) is 0 Å². The van der Waals surface area contributed by atoms with Crippen LogP contribution in [0.15, 0.2) is 30.6 Å². The van der Waals surface area contributed by atoms with Gasteiger partial charge in [0.1, 0.15) is 5.75 Å². The second kappa shape index (κ2) is 6.08. The van der Waals surface area contributed by atoms with Gasteiger partial charge in [0, 0.05) is 6.20 Å². The molecule has 1 aromatic carbocycles. The van der Waals surface area contributed by atoms with Crippen molar-refractivity contribution in [1.29, 1.82) is 5.26 Å². The minimum atomic E-state index is 0.470. The Balaban J connectivity index is 1.82. The van der Waals surface area contributed by atoms with Crippen LogP contribution < -0.4 is 4.74 Å². The number of aryl methyl sites for hydroxylation is 1.